The van der Waals surface area contributed by atoms with Gasteiger partial charge in [-0.05, 0) is 25.0 Å². The molecule has 0 aliphatic rings. The van der Waals surface area contributed by atoms with E-state index in [-0.39, 0.29) is 22.3 Å². The zero-order chi connectivity index (χ0) is 8.83. The molecule has 0 aromatic heterocycles. The van der Waals surface area contributed by atoms with Crippen LogP contribution in [-0.2, 0) is 0 Å². The summed E-state index contributed by atoms with van der Waals surface area (Å²) in [7, 11) is 0. The van der Waals surface area contributed by atoms with Gasteiger partial charge in [0.25, 0.3) is 0 Å². The molecule has 0 amide bonds. The largest absolute Gasteiger partial charge is 0.169 e. The third kappa shape index (κ3) is 503. The van der Waals surface area contributed by atoms with Crippen LogP contribution in [0.2, 0.25) is 0 Å². The van der Waals surface area contributed by atoms with Gasteiger partial charge in [-0.15, -0.1) is 0 Å². The van der Waals surface area contributed by atoms with Gasteiger partial charge >= 0.3 is 0 Å². The fourth-order valence-corrected chi connectivity index (χ4v) is 0. The summed E-state index contributed by atoms with van der Waals surface area (Å²) in [6.45, 7) is 4.36. The van der Waals surface area contributed by atoms with Crippen molar-refractivity contribution in [3.05, 3.63) is 0 Å². The van der Waals surface area contributed by atoms with E-state index in [2.05, 4.69) is 13.8 Å². The lowest BCUT2D eigenvalue weighted by Gasteiger charge is -1.68. The minimum atomic E-state index is 0. The van der Waals surface area contributed by atoms with Crippen molar-refractivity contribution in [2.75, 3.05) is 25.0 Å². The molecule has 0 fully saturated rings. The summed E-state index contributed by atoms with van der Waals surface area (Å²) < 4.78 is 0. The highest BCUT2D eigenvalue weighted by atomic mass is 32.2. The molecule has 0 radical (unpaired) electrons. The van der Waals surface area contributed by atoms with Crippen LogP contribution in [0, 0.1) is 0 Å². The van der Waals surface area contributed by atoms with Crippen molar-refractivity contribution in [3.63, 3.8) is 0 Å². The molecule has 0 bridgehead atoms. The smallest absolute Gasteiger partial charge is 0.0187 e. The minimum Gasteiger partial charge on any atom is -0.169 e. The molecule has 0 N–H and O–H groups in total. The Labute approximate surface area is 97.7 Å². The second-order valence-corrected chi connectivity index (χ2v) is 3.45. The third-order valence-electron chi connectivity index (χ3n) is 0.500. The molecule has 0 saturated heterocycles. The first kappa shape index (κ1) is 37.3. The van der Waals surface area contributed by atoms with E-state index in [1.165, 1.54) is 12.8 Å². The molecule has 90 valence electrons. The predicted molar refractivity (Wildman–Crippen MR) is 79.7 cm³/mol. The van der Waals surface area contributed by atoms with Crippen LogP contribution < -0.4 is 0 Å². The fourth-order valence-electron chi connectivity index (χ4n) is 0. The first-order valence-electron chi connectivity index (χ1n) is 3.55. The molecule has 0 aromatic rings. The first-order valence-corrected chi connectivity index (χ1v) is 6.81. The Kier molecular flexibility index (Phi) is 226. The lowest BCUT2D eigenvalue weighted by molar-refractivity contribution is 0.886. The Balaban J connectivity index is -0.0000000128. The zero-order valence-corrected chi connectivity index (χ0v) is 9.86. The summed E-state index contributed by atoms with van der Waals surface area (Å²) in [6.07, 6.45) is 10.8. The highest BCUT2D eigenvalue weighted by Crippen LogP contribution is 1.76. The Morgan fingerprint density at radius 3 is 0.692 bits per heavy atom. The molecule has 0 unspecified atom stereocenters. The van der Waals surface area contributed by atoms with Crippen molar-refractivity contribution in [1.29, 1.82) is 0 Å². The van der Waals surface area contributed by atoms with Crippen LogP contribution in [0.25, 0.3) is 0 Å². The van der Waals surface area contributed by atoms with Gasteiger partial charge in [0.05, 0.1) is 0 Å². The number of unbranched alkanes of at least 4 members (excludes halogenated alkanes) is 1. The van der Waals surface area contributed by atoms with Crippen LogP contribution in [0.15, 0.2) is 0 Å². The average molecular weight is 231 g/mol. The standard InChI is InChI=1S/C4H10.2C2H6S.3CH4/c1-3-4-2;2*1-3-2;;;/h3-4H2,1-2H3;2*1-2H3;3*1H4. The second kappa shape index (κ2) is 78.7. The molecular weight excluding hydrogens is 196 g/mol. The molecule has 0 heterocycles. The zero-order valence-electron chi connectivity index (χ0n) is 8.23. The third-order valence-corrected chi connectivity index (χ3v) is 0.500. The molecule has 0 atom stereocenters. The summed E-state index contributed by atoms with van der Waals surface area (Å²) in [6, 6.07) is 0. The highest BCUT2D eigenvalue weighted by Gasteiger charge is 1.56. The van der Waals surface area contributed by atoms with E-state index in [0.717, 1.165) is 0 Å². The van der Waals surface area contributed by atoms with Crippen LogP contribution in [0.5, 0.6) is 0 Å². The number of thioether (sulfide) groups is 2. The molecule has 13 heavy (non-hydrogen) atoms. The fraction of sp³-hybridized carbons (Fsp3) is 1.00. The van der Waals surface area contributed by atoms with Crippen LogP contribution in [0.4, 0.5) is 0 Å². The van der Waals surface area contributed by atoms with Gasteiger partial charge < -0.3 is 0 Å². The van der Waals surface area contributed by atoms with E-state index in [4.69, 9.17) is 0 Å². The lowest BCUT2D eigenvalue weighted by atomic mass is 10.4. The molecule has 0 aliphatic carbocycles. The van der Waals surface area contributed by atoms with Crippen molar-refractivity contribution >= 4 is 23.5 Å². The Bertz CT molecular complexity index is 20.1. The monoisotopic (exact) mass is 230 g/mol. The maximum Gasteiger partial charge on any atom is -0.0187 e. The van der Waals surface area contributed by atoms with Crippen molar-refractivity contribution in [3.8, 4) is 0 Å². The Morgan fingerprint density at radius 1 is 0.615 bits per heavy atom. The minimum absolute atomic E-state index is 0. The number of hydrogen-bond donors (Lipinski definition) is 0. The maximum absolute atomic E-state index is 2.18. The van der Waals surface area contributed by atoms with Gasteiger partial charge in [-0.3, -0.25) is 0 Å². The van der Waals surface area contributed by atoms with Crippen LogP contribution in [0.1, 0.15) is 49.0 Å². The first-order chi connectivity index (χ1) is 4.74. The van der Waals surface area contributed by atoms with E-state index >= 15 is 0 Å². The molecule has 0 aliphatic heterocycles. The van der Waals surface area contributed by atoms with Crippen molar-refractivity contribution in [1.82, 2.24) is 0 Å². The molecule has 0 rings (SSSR count). The summed E-state index contributed by atoms with van der Waals surface area (Å²) in [4.78, 5) is 0. The predicted octanol–water partition coefficient (Wildman–Crippen LogP) is 5.67. The van der Waals surface area contributed by atoms with Gasteiger partial charge in [-0.2, -0.15) is 23.5 Å². The summed E-state index contributed by atoms with van der Waals surface area (Å²) >= 11 is 3.50. The number of rotatable bonds is 1. The number of hydrogen-bond acceptors (Lipinski definition) is 2. The van der Waals surface area contributed by atoms with Gasteiger partial charge in [-0.1, -0.05) is 49.0 Å². The van der Waals surface area contributed by atoms with E-state index in [1.807, 2.05) is 25.0 Å². The van der Waals surface area contributed by atoms with E-state index in [9.17, 15) is 0 Å². The summed E-state index contributed by atoms with van der Waals surface area (Å²) in [5.41, 5.74) is 0. The van der Waals surface area contributed by atoms with Gasteiger partial charge in [-0.25, -0.2) is 0 Å². The van der Waals surface area contributed by atoms with E-state index in [1.54, 1.807) is 23.5 Å². The summed E-state index contributed by atoms with van der Waals surface area (Å²) in [5.74, 6) is 0. The SMILES string of the molecule is C.C.C.CCCC.CSC.CSC. The second-order valence-electron chi connectivity index (χ2n) is 1.82. The van der Waals surface area contributed by atoms with Gasteiger partial charge in [0.1, 0.15) is 0 Å². The quantitative estimate of drug-likeness (QED) is 0.569. The van der Waals surface area contributed by atoms with Crippen molar-refractivity contribution in [2.24, 2.45) is 0 Å². The average Bonchev–Trinajstić information content (AvgIpc) is 1.91. The highest BCUT2D eigenvalue weighted by molar-refractivity contribution is 7.98. The normalized spacial score (nSPS) is 5.08. The van der Waals surface area contributed by atoms with Gasteiger partial charge in [0.15, 0.2) is 0 Å². The van der Waals surface area contributed by atoms with Crippen LogP contribution in [0.3, 0.4) is 0 Å². The Hall–Kier alpha value is 0.700. The molecule has 0 nitrogen and oxygen atoms in total. The molecule has 0 spiro atoms. The van der Waals surface area contributed by atoms with Crippen molar-refractivity contribution < 1.29 is 0 Å². The molecule has 0 saturated carbocycles. The topological polar surface area (TPSA) is 0 Å². The van der Waals surface area contributed by atoms with Crippen LogP contribution >= 0.6 is 23.5 Å². The Morgan fingerprint density at radius 2 is 0.692 bits per heavy atom. The van der Waals surface area contributed by atoms with E-state index in [0.29, 0.717) is 0 Å². The molecule has 2 heteroatoms. The van der Waals surface area contributed by atoms with Gasteiger partial charge in [0.2, 0.25) is 0 Å². The maximum atomic E-state index is 2.18. The molecule has 0 aromatic carbocycles. The summed E-state index contributed by atoms with van der Waals surface area (Å²) in [5, 5.41) is 0. The molecular formula is C11H34S2. The van der Waals surface area contributed by atoms with E-state index < -0.39 is 0 Å². The van der Waals surface area contributed by atoms with Crippen LogP contribution in [-0.4, -0.2) is 25.0 Å². The van der Waals surface area contributed by atoms with Gasteiger partial charge in [0, 0.05) is 0 Å². The van der Waals surface area contributed by atoms with Crippen molar-refractivity contribution in [2.45, 2.75) is 49.0 Å². The lowest BCUT2D eigenvalue weighted by Crippen LogP contribution is -1.47.